The Hall–Kier alpha value is -3.65. The summed E-state index contributed by atoms with van der Waals surface area (Å²) in [4.78, 5) is 25.2. The second-order valence-corrected chi connectivity index (χ2v) is 7.06. The number of nitriles is 1. The Morgan fingerprint density at radius 3 is 2.45 bits per heavy atom. The topological polar surface area (TPSA) is 79.2 Å². The van der Waals surface area contributed by atoms with Gasteiger partial charge in [-0.25, -0.2) is 0 Å². The highest BCUT2D eigenvalue weighted by molar-refractivity contribution is 5.99. The number of Topliss-reactive ketones (excluding diaryl/α,β-unsaturated/α-hetero) is 2. The summed E-state index contributed by atoms with van der Waals surface area (Å²) in [6, 6.07) is 20.7. The summed E-state index contributed by atoms with van der Waals surface area (Å²) in [7, 11) is 0. The maximum Gasteiger partial charge on any atom is 0.208 e. The number of ketones is 2. The molecule has 5 heteroatoms. The van der Waals surface area contributed by atoms with Crippen LogP contribution >= 0.6 is 0 Å². The summed E-state index contributed by atoms with van der Waals surface area (Å²) in [5.74, 6) is 0.303. The number of rotatable bonds is 5. The molecule has 0 radical (unpaired) electrons. The highest BCUT2D eigenvalue weighted by Gasteiger charge is 2.38. The van der Waals surface area contributed by atoms with Crippen molar-refractivity contribution >= 4 is 11.6 Å². The van der Waals surface area contributed by atoms with Gasteiger partial charge in [-0.05, 0) is 12.0 Å². The fourth-order valence-electron chi connectivity index (χ4n) is 3.83. The van der Waals surface area contributed by atoms with Crippen molar-refractivity contribution in [2.24, 2.45) is 0 Å². The minimum Gasteiger partial charge on any atom is -0.444 e. The standard InChI is InChI=1S/C24H20N2O3/c25-14-18-22(17-10-5-2-6-11-17)23-19(27)12-7-13-21(23)29-24(18)26-15-20(28)16-8-3-1-4-9-16/h1-6,8-11,22,26H,7,12-13,15H2. The molecule has 0 amide bonds. The van der Waals surface area contributed by atoms with E-state index in [4.69, 9.17) is 4.74 Å². The Bertz CT molecular complexity index is 1050. The van der Waals surface area contributed by atoms with Gasteiger partial charge in [0.1, 0.15) is 17.4 Å². The number of carbonyl (C=O) groups excluding carboxylic acids is 2. The van der Waals surface area contributed by atoms with Crippen molar-refractivity contribution in [3.05, 3.63) is 94.6 Å². The van der Waals surface area contributed by atoms with Gasteiger partial charge in [-0.2, -0.15) is 5.26 Å². The summed E-state index contributed by atoms with van der Waals surface area (Å²) in [6.45, 7) is 0.00258. The molecule has 0 saturated carbocycles. The van der Waals surface area contributed by atoms with Crippen LogP contribution in [0, 0.1) is 11.3 Å². The summed E-state index contributed by atoms with van der Waals surface area (Å²) in [5.41, 5.74) is 2.34. The smallest absolute Gasteiger partial charge is 0.208 e. The van der Waals surface area contributed by atoms with Gasteiger partial charge in [0, 0.05) is 24.0 Å². The van der Waals surface area contributed by atoms with E-state index in [2.05, 4.69) is 11.4 Å². The minimum absolute atomic E-state index is 0.00258. The van der Waals surface area contributed by atoms with Gasteiger partial charge in [0.15, 0.2) is 11.6 Å². The van der Waals surface area contributed by atoms with Crippen molar-refractivity contribution < 1.29 is 14.3 Å². The molecule has 1 atom stereocenters. The molecular weight excluding hydrogens is 364 g/mol. The Morgan fingerprint density at radius 1 is 1.07 bits per heavy atom. The molecule has 0 spiro atoms. The van der Waals surface area contributed by atoms with Crippen LogP contribution < -0.4 is 5.32 Å². The van der Waals surface area contributed by atoms with E-state index in [1.165, 1.54) is 0 Å². The lowest BCUT2D eigenvalue weighted by Crippen LogP contribution is -2.32. The quantitative estimate of drug-likeness (QED) is 0.788. The molecule has 0 fully saturated rings. The number of nitrogens with one attached hydrogen (secondary N) is 1. The van der Waals surface area contributed by atoms with Gasteiger partial charge in [0.2, 0.25) is 5.88 Å². The fourth-order valence-corrected chi connectivity index (χ4v) is 3.83. The van der Waals surface area contributed by atoms with Crippen LogP contribution in [0.2, 0.25) is 0 Å². The first kappa shape index (κ1) is 18.7. The van der Waals surface area contributed by atoms with Crippen molar-refractivity contribution in [3.63, 3.8) is 0 Å². The lowest BCUT2D eigenvalue weighted by Gasteiger charge is -2.32. The van der Waals surface area contributed by atoms with Crippen molar-refractivity contribution in [1.82, 2.24) is 5.32 Å². The van der Waals surface area contributed by atoms with Gasteiger partial charge in [-0.1, -0.05) is 60.7 Å². The number of carbonyl (C=O) groups is 2. The third kappa shape index (κ3) is 3.70. The normalized spacial score (nSPS) is 18.6. The first-order valence-corrected chi connectivity index (χ1v) is 9.64. The van der Waals surface area contributed by atoms with Crippen molar-refractivity contribution in [3.8, 4) is 6.07 Å². The lowest BCUT2D eigenvalue weighted by atomic mass is 9.77. The van der Waals surface area contributed by atoms with Gasteiger partial charge in [0.25, 0.3) is 0 Å². The van der Waals surface area contributed by atoms with Crippen LogP contribution in [-0.4, -0.2) is 18.1 Å². The van der Waals surface area contributed by atoms with Crippen LogP contribution in [-0.2, 0) is 9.53 Å². The predicted octanol–water partition coefficient (Wildman–Crippen LogP) is 4.02. The molecule has 1 unspecified atom stereocenters. The maximum atomic E-state index is 12.7. The number of hydrogen-bond donors (Lipinski definition) is 1. The zero-order valence-corrected chi connectivity index (χ0v) is 15.9. The second-order valence-electron chi connectivity index (χ2n) is 7.06. The molecule has 5 nitrogen and oxygen atoms in total. The van der Waals surface area contributed by atoms with E-state index in [0.29, 0.717) is 35.3 Å². The molecular formula is C24H20N2O3. The van der Waals surface area contributed by atoms with Crippen molar-refractivity contribution in [2.45, 2.75) is 25.2 Å². The Balaban J connectivity index is 1.68. The summed E-state index contributed by atoms with van der Waals surface area (Å²) < 4.78 is 5.95. The molecule has 2 aromatic rings. The molecule has 1 aliphatic heterocycles. The molecule has 1 heterocycles. The van der Waals surface area contributed by atoms with E-state index in [1.54, 1.807) is 24.3 Å². The van der Waals surface area contributed by atoms with Crippen molar-refractivity contribution in [2.75, 3.05) is 6.54 Å². The van der Waals surface area contributed by atoms with Crippen LogP contribution in [0.25, 0.3) is 0 Å². The second kappa shape index (κ2) is 8.15. The molecule has 0 bridgehead atoms. The molecule has 144 valence electrons. The Labute approximate surface area is 169 Å². The summed E-state index contributed by atoms with van der Waals surface area (Å²) >= 11 is 0. The van der Waals surface area contributed by atoms with E-state index in [-0.39, 0.29) is 24.0 Å². The fraction of sp³-hybridized carbons (Fsp3) is 0.208. The predicted molar refractivity (Wildman–Crippen MR) is 108 cm³/mol. The zero-order chi connectivity index (χ0) is 20.2. The van der Waals surface area contributed by atoms with Crippen LogP contribution in [0.4, 0.5) is 0 Å². The summed E-state index contributed by atoms with van der Waals surface area (Å²) in [5, 5.41) is 12.9. The van der Waals surface area contributed by atoms with Crippen LogP contribution in [0.1, 0.15) is 41.1 Å². The highest BCUT2D eigenvalue weighted by atomic mass is 16.5. The Kier molecular flexibility index (Phi) is 5.26. The zero-order valence-electron chi connectivity index (χ0n) is 15.9. The lowest BCUT2D eigenvalue weighted by molar-refractivity contribution is -0.116. The van der Waals surface area contributed by atoms with Gasteiger partial charge < -0.3 is 10.1 Å². The highest BCUT2D eigenvalue weighted by Crippen LogP contribution is 2.43. The van der Waals surface area contributed by atoms with Gasteiger partial charge in [-0.15, -0.1) is 0 Å². The average Bonchev–Trinajstić information content (AvgIpc) is 2.77. The minimum atomic E-state index is -0.480. The third-order valence-corrected chi connectivity index (χ3v) is 5.21. The van der Waals surface area contributed by atoms with E-state index in [0.717, 1.165) is 12.0 Å². The molecule has 0 aromatic heterocycles. The number of hydrogen-bond acceptors (Lipinski definition) is 5. The SMILES string of the molecule is N#CC1=C(NCC(=O)c2ccccc2)OC2=C(C(=O)CCC2)C1c1ccccc1. The third-order valence-electron chi connectivity index (χ3n) is 5.21. The first-order chi connectivity index (χ1) is 14.2. The largest absolute Gasteiger partial charge is 0.444 e. The van der Waals surface area contributed by atoms with Gasteiger partial charge in [0.05, 0.1) is 12.5 Å². The van der Waals surface area contributed by atoms with Gasteiger partial charge >= 0.3 is 0 Å². The van der Waals surface area contributed by atoms with E-state index >= 15 is 0 Å². The summed E-state index contributed by atoms with van der Waals surface area (Å²) in [6.07, 6.45) is 1.82. The van der Waals surface area contributed by atoms with E-state index < -0.39 is 5.92 Å². The molecule has 4 rings (SSSR count). The van der Waals surface area contributed by atoms with Gasteiger partial charge in [-0.3, -0.25) is 9.59 Å². The number of nitrogens with zero attached hydrogens (tertiary/aromatic N) is 1. The maximum absolute atomic E-state index is 12.7. The van der Waals surface area contributed by atoms with Crippen LogP contribution in [0.5, 0.6) is 0 Å². The molecule has 0 saturated heterocycles. The van der Waals surface area contributed by atoms with E-state index in [1.807, 2.05) is 36.4 Å². The van der Waals surface area contributed by atoms with Crippen LogP contribution in [0.3, 0.4) is 0 Å². The Morgan fingerprint density at radius 2 is 1.76 bits per heavy atom. The monoisotopic (exact) mass is 384 g/mol. The van der Waals surface area contributed by atoms with E-state index in [9.17, 15) is 14.9 Å². The molecule has 1 aliphatic carbocycles. The van der Waals surface area contributed by atoms with Crippen molar-refractivity contribution in [1.29, 1.82) is 5.26 Å². The molecule has 2 aliphatic rings. The number of allylic oxidation sites excluding steroid dienone is 3. The molecule has 1 N–H and O–H groups in total. The molecule has 29 heavy (non-hydrogen) atoms. The van der Waals surface area contributed by atoms with Crippen LogP contribution in [0.15, 0.2) is 83.5 Å². The number of ether oxygens (including phenoxy) is 1. The average molecular weight is 384 g/mol. The molecule has 2 aromatic carbocycles. The first-order valence-electron chi connectivity index (χ1n) is 9.64. The number of benzene rings is 2.